The van der Waals surface area contributed by atoms with Crippen molar-refractivity contribution in [3.8, 4) is 11.5 Å². The van der Waals surface area contributed by atoms with Crippen LogP contribution in [-0.4, -0.2) is 12.7 Å². The van der Waals surface area contributed by atoms with Gasteiger partial charge in [0, 0.05) is 11.8 Å². The molecule has 2 aliphatic heterocycles. The Morgan fingerprint density at radius 3 is 2.63 bits per heavy atom. The van der Waals surface area contributed by atoms with Crippen molar-refractivity contribution in [2.45, 2.75) is 13.1 Å². The fourth-order valence-electron chi connectivity index (χ4n) is 3.67. The van der Waals surface area contributed by atoms with E-state index < -0.39 is 0 Å². The average Bonchev–Trinajstić information content (AvgIpc) is 3.16. The highest BCUT2D eigenvalue weighted by Gasteiger charge is 2.35. The fourth-order valence-corrected chi connectivity index (χ4v) is 3.67. The molecule has 2 aliphatic rings. The van der Waals surface area contributed by atoms with Crippen molar-refractivity contribution in [2.24, 2.45) is 0 Å². The lowest BCUT2D eigenvalue weighted by Crippen LogP contribution is -2.43. The number of carbonyl (C=O) groups excluding carboxylic acids is 1. The van der Waals surface area contributed by atoms with Gasteiger partial charge in [0.2, 0.25) is 6.79 Å². The Morgan fingerprint density at radius 2 is 1.74 bits per heavy atom. The van der Waals surface area contributed by atoms with Crippen LogP contribution in [0.25, 0.3) is 0 Å². The third kappa shape index (κ3) is 2.51. The van der Waals surface area contributed by atoms with Gasteiger partial charge in [0.25, 0.3) is 5.91 Å². The van der Waals surface area contributed by atoms with Gasteiger partial charge in [-0.2, -0.15) is 0 Å². The van der Waals surface area contributed by atoms with Gasteiger partial charge in [-0.3, -0.25) is 9.69 Å². The summed E-state index contributed by atoms with van der Waals surface area (Å²) in [5, 5.41) is 3.53. The van der Waals surface area contributed by atoms with Crippen LogP contribution in [0.4, 0.5) is 11.4 Å². The van der Waals surface area contributed by atoms with E-state index in [1.807, 2.05) is 60.7 Å². The molecule has 3 aromatic carbocycles. The van der Waals surface area contributed by atoms with Gasteiger partial charge in [0.1, 0.15) is 6.17 Å². The first kappa shape index (κ1) is 15.8. The summed E-state index contributed by atoms with van der Waals surface area (Å²) in [6, 6.07) is 21.3. The molecule has 5 rings (SSSR count). The van der Waals surface area contributed by atoms with Crippen molar-refractivity contribution in [1.82, 2.24) is 0 Å². The minimum absolute atomic E-state index is 0.0449. The molecule has 0 spiro atoms. The van der Waals surface area contributed by atoms with Crippen LogP contribution in [0.2, 0.25) is 0 Å². The Bertz CT molecular complexity index is 1050. The lowest BCUT2D eigenvalue weighted by molar-refractivity contribution is 0.0975. The van der Waals surface area contributed by atoms with Gasteiger partial charge in [-0.15, -0.1) is 0 Å². The minimum Gasteiger partial charge on any atom is -0.454 e. The fraction of sp³-hybridized carbons (Fsp3) is 0.136. The number of nitrogens with one attached hydrogen (secondary N) is 1. The molecular formula is C22H18N2O3. The zero-order valence-electron chi connectivity index (χ0n) is 14.8. The molecular weight excluding hydrogens is 340 g/mol. The molecule has 1 atom stereocenters. The normalized spacial score (nSPS) is 17.4. The number of fused-ring (bicyclic) bond motifs is 2. The van der Waals surface area contributed by atoms with E-state index in [0.717, 1.165) is 22.5 Å². The SMILES string of the molecule is Cc1ccccc1[C@@H]1Nc2ccccc2C(=O)N1c1ccc2c(c1)OCO2. The number of rotatable bonds is 2. The molecule has 2 heterocycles. The van der Waals surface area contributed by atoms with Crippen LogP contribution in [0.15, 0.2) is 66.7 Å². The summed E-state index contributed by atoms with van der Waals surface area (Å²) in [5.41, 5.74) is 4.43. The second kappa shape index (κ2) is 6.06. The van der Waals surface area contributed by atoms with E-state index in [1.54, 1.807) is 4.90 Å². The van der Waals surface area contributed by atoms with Crippen molar-refractivity contribution >= 4 is 17.3 Å². The predicted molar refractivity (Wildman–Crippen MR) is 103 cm³/mol. The molecule has 0 saturated heterocycles. The van der Waals surface area contributed by atoms with Crippen molar-refractivity contribution < 1.29 is 14.3 Å². The molecule has 27 heavy (non-hydrogen) atoms. The van der Waals surface area contributed by atoms with E-state index in [1.165, 1.54) is 0 Å². The molecule has 3 aromatic rings. The Morgan fingerprint density at radius 1 is 0.963 bits per heavy atom. The van der Waals surface area contributed by atoms with Gasteiger partial charge in [-0.1, -0.05) is 36.4 Å². The monoisotopic (exact) mass is 358 g/mol. The van der Waals surface area contributed by atoms with Crippen LogP contribution in [0, 0.1) is 6.92 Å². The third-order valence-corrected chi connectivity index (χ3v) is 5.04. The van der Waals surface area contributed by atoms with Gasteiger partial charge < -0.3 is 14.8 Å². The molecule has 5 heteroatoms. The topological polar surface area (TPSA) is 50.8 Å². The molecule has 0 radical (unpaired) electrons. The van der Waals surface area contributed by atoms with Crippen LogP contribution in [0.1, 0.15) is 27.7 Å². The number of carbonyl (C=O) groups is 1. The van der Waals surface area contributed by atoms with Gasteiger partial charge in [0.05, 0.1) is 11.3 Å². The van der Waals surface area contributed by atoms with Crippen molar-refractivity contribution in [2.75, 3.05) is 17.0 Å². The van der Waals surface area contributed by atoms with Crippen molar-refractivity contribution in [3.05, 3.63) is 83.4 Å². The molecule has 0 saturated carbocycles. The maximum absolute atomic E-state index is 13.4. The Balaban J connectivity index is 1.67. The number of ether oxygens (including phenoxy) is 2. The summed E-state index contributed by atoms with van der Waals surface area (Å²) >= 11 is 0. The molecule has 0 bridgehead atoms. The highest BCUT2D eigenvalue weighted by Crippen LogP contribution is 2.41. The van der Waals surface area contributed by atoms with Gasteiger partial charge in [-0.05, 0) is 42.3 Å². The van der Waals surface area contributed by atoms with Gasteiger partial charge in [-0.25, -0.2) is 0 Å². The van der Waals surface area contributed by atoms with Crippen molar-refractivity contribution in [1.29, 1.82) is 0 Å². The standard InChI is InChI=1S/C22H18N2O3/c1-14-6-2-3-7-16(14)21-23-18-9-5-4-8-17(18)22(25)24(21)15-10-11-19-20(12-15)27-13-26-19/h2-12,21,23H,13H2,1H3/t21-/m1/s1. The van der Waals surface area contributed by atoms with E-state index in [2.05, 4.69) is 18.3 Å². The van der Waals surface area contributed by atoms with Crippen LogP contribution >= 0.6 is 0 Å². The van der Waals surface area contributed by atoms with Crippen LogP contribution in [-0.2, 0) is 0 Å². The minimum atomic E-state index is -0.311. The average molecular weight is 358 g/mol. The van der Waals surface area contributed by atoms with E-state index in [9.17, 15) is 4.79 Å². The zero-order valence-corrected chi connectivity index (χ0v) is 14.8. The highest BCUT2D eigenvalue weighted by molar-refractivity contribution is 6.12. The second-order valence-corrected chi connectivity index (χ2v) is 6.66. The van der Waals surface area contributed by atoms with E-state index in [-0.39, 0.29) is 18.9 Å². The summed E-state index contributed by atoms with van der Waals surface area (Å²) in [6.07, 6.45) is -0.311. The summed E-state index contributed by atoms with van der Waals surface area (Å²) in [7, 11) is 0. The summed E-state index contributed by atoms with van der Waals surface area (Å²) in [6.45, 7) is 2.26. The first-order valence-electron chi connectivity index (χ1n) is 8.87. The Hall–Kier alpha value is -3.47. The summed E-state index contributed by atoms with van der Waals surface area (Å²) in [5.74, 6) is 1.31. The maximum Gasteiger partial charge on any atom is 0.262 e. The number of benzene rings is 3. The molecule has 0 unspecified atom stereocenters. The smallest absolute Gasteiger partial charge is 0.262 e. The first-order valence-corrected chi connectivity index (χ1v) is 8.87. The Labute approximate surface area is 157 Å². The molecule has 1 amide bonds. The molecule has 134 valence electrons. The lowest BCUT2D eigenvalue weighted by Gasteiger charge is -2.38. The van der Waals surface area contributed by atoms with E-state index >= 15 is 0 Å². The van der Waals surface area contributed by atoms with Gasteiger partial charge in [0.15, 0.2) is 11.5 Å². The molecule has 0 fully saturated rings. The van der Waals surface area contributed by atoms with Crippen LogP contribution < -0.4 is 19.7 Å². The molecule has 0 aliphatic carbocycles. The number of hydrogen-bond donors (Lipinski definition) is 1. The van der Waals surface area contributed by atoms with Crippen molar-refractivity contribution in [3.63, 3.8) is 0 Å². The number of nitrogens with zero attached hydrogens (tertiary/aromatic N) is 1. The number of amides is 1. The van der Waals surface area contributed by atoms with Crippen LogP contribution in [0.3, 0.4) is 0 Å². The maximum atomic E-state index is 13.4. The Kier molecular flexibility index (Phi) is 3.53. The number of hydrogen-bond acceptors (Lipinski definition) is 4. The lowest BCUT2D eigenvalue weighted by atomic mass is 9.99. The first-order chi connectivity index (χ1) is 13.2. The predicted octanol–water partition coefficient (Wildman–Crippen LogP) is 4.49. The highest BCUT2D eigenvalue weighted by atomic mass is 16.7. The number of anilines is 2. The zero-order chi connectivity index (χ0) is 18.4. The van der Waals surface area contributed by atoms with E-state index in [4.69, 9.17) is 9.47 Å². The summed E-state index contributed by atoms with van der Waals surface area (Å²) < 4.78 is 10.9. The second-order valence-electron chi connectivity index (χ2n) is 6.66. The largest absolute Gasteiger partial charge is 0.454 e. The number of aryl methyl sites for hydroxylation is 1. The van der Waals surface area contributed by atoms with Gasteiger partial charge >= 0.3 is 0 Å². The third-order valence-electron chi connectivity index (χ3n) is 5.04. The summed E-state index contributed by atoms with van der Waals surface area (Å²) in [4.78, 5) is 15.2. The molecule has 1 N–H and O–H groups in total. The van der Waals surface area contributed by atoms with E-state index in [0.29, 0.717) is 17.1 Å². The number of para-hydroxylation sites is 1. The molecule has 5 nitrogen and oxygen atoms in total. The quantitative estimate of drug-likeness (QED) is 0.733. The van der Waals surface area contributed by atoms with Crippen LogP contribution in [0.5, 0.6) is 11.5 Å². The molecule has 0 aromatic heterocycles.